The van der Waals surface area contributed by atoms with E-state index in [0.717, 1.165) is 25.8 Å². The maximum Gasteiger partial charge on any atom is 0.0693 e. The maximum absolute atomic E-state index is 9.26. The normalized spacial score (nSPS) is 18.9. The van der Waals surface area contributed by atoms with E-state index in [2.05, 4.69) is 24.3 Å². The third-order valence-electron chi connectivity index (χ3n) is 3.35. The van der Waals surface area contributed by atoms with Crippen molar-refractivity contribution in [3.63, 3.8) is 0 Å². The highest BCUT2D eigenvalue weighted by Gasteiger charge is 2.34. The van der Waals surface area contributed by atoms with Crippen molar-refractivity contribution in [3.8, 4) is 6.07 Å². The van der Waals surface area contributed by atoms with E-state index in [4.69, 9.17) is 0 Å². The molecule has 1 aromatic heterocycles. The van der Waals surface area contributed by atoms with Crippen molar-refractivity contribution in [2.24, 2.45) is 5.41 Å². The molecule has 1 aromatic rings. The van der Waals surface area contributed by atoms with Crippen LogP contribution in [0.5, 0.6) is 0 Å². The Kier molecular flexibility index (Phi) is 2.77. The van der Waals surface area contributed by atoms with Crippen LogP contribution in [0.3, 0.4) is 0 Å². The molecule has 0 atom stereocenters. The molecule has 1 saturated carbocycles. The van der Waals surface area contributed by atoms with Gasteiger partial charge in [0.2, 0.25) is 0 Å². The number of hydrogen-bond donors (Lipinski definition) is 0. The van der Waals surface area contributed by atoms with Crippen molar-refractivity contribution < 1.29 is 0 Å². The van der Waals surface area contributed by atoms with E-state index in [0.29, 0.717) is 0 Å². The van der Waals surface area contributed by atoms with Crippen molar-refractivity contribution in [3.05, 3.63) is 18.0 Å². The Morgan fingerprint density at radius 3 is 2.80 bits per heavy atom. The summed E-state index contributed by atoms with van der Waals surface area (Å²) in [6.45, 7) is 2.98. The molecule has 0 spiro atoms. The van der Waals surface area contributed by atoms with Crippen LogP contribution in [0.4, 0.5) is 0 Å². The monoisotopic (exact) mass is 203 g/mol. The molecule has 3 heteroatoms. The molecule has 0 unspecified atom stereocenters. The average Bonchev–Trinajstić information content (AvgIpc) is 2.88. The van der Waals surface area contributed by atoms with Crippen molar-refractivity contribution >= 4 is 0 Å². The minimum Gasteiger partial charge on any atom is -0.273 e. The van der Waals surface area contributed by atoms with Crippen LogP contribution in [-0.4, -0.2) is 9.78 Å². The fraction of sp³-hybridized carbons (Fsp3) is 0.667. The molecule has 80 valence electrons. The van der Waals surface area contributed by atoms with Gasteiger partial charge in [0.1, 0.15) is 0 Å². The molecule has 0 bridgehead atoms. The average molecular weight is 203 g/mol. The van der Waals surface area contributed by atoms with E-state index in [1.807, 2.05) is 10.9 Å². The standard InChI is InChI=1S/C12H17N3/c1-2-15-9-11(8-14-15)7-12(10-13)5-3-4-6-12/h8-9H,2-7H2,1H3. The number of nitriles is 1. The van der Waals surface area contributed by atoms with Crippen molar-refractivity contribution in [2.75, 3.05) is 0 Å². The second-order valence-corrected chi connectivity index (χ2v) is 4.48. The Bertz CT molecular complexity index is 366. The van der Waals surface area contributed by atoms with Gasteiger partial charge in [0.25, 0.3) is 0 Å². The van der Waals surface area contributed by atoms with Crippen LogP contribution in [0, 0.1) is 16.7 Å². The van der Waals surface area contributed by atoms with Gasteiger partial charge in [-0.3, -0.25) is 4.68 Å². The summed E-state index contributed by atoms with van der Waals surface area (Å²) in [4.78, 5) is 0. The molecule has 0 amide bonds. The maximum atomic E-state index is 9.26. The van der Waals surface area contributed by atoms with Gasteiger partial charge < -0.3 is 0 Å². The van der Waals surface area contributed by atoms with E-state index in [9.17, 15) is 5.26 Å². The Balaban J connectivity index is 2.10. The quantitative estimate of drug-likeness (QED) is 0.757. The second-order valence-electron chi connectivity index (χ2n) is 4.48. The van der Waals surface area contributed by atoms with Gasteiger partial charge in [0.15, 0.2) is 0 Å². The third-order valence-corrected chi connectivity index (χ3v) is 3.35. The van der Waals surface area contributed by atoms with Crippen LogP contribution in [0.2, 0.25) is 0 Å². The van der Waals surface area contributed by atoms with Gasteiger partial charge in [0.05, 0.1) is 17.7 Å². The highest BCUT2D eigenvalue weighted by atomic mass is 15.3. The Hall–Kier alpha value is -1.30. The molecule has 0 N–H and O–H groups in total. The zero-order valence-corrected chi connectivity index (χ0v) is 9.24. The zero-order chi connectivity index (χ0) is 10.7. The molecule has 0 saturated heterocycles. The first-order chi connectivity index (χ1) is 7.28. The predicted molar refractivity (Wildman–Crippen MR) is 58.1 cm³/mol. The fourth-order valence-corrected chi connectivity index (χ4v) is 2.44. The van der Waals surface area contributed by atoms with Gasteiger partial charge in [0, 0.05) is 12.7 Å². The summed E-state index contributed by atoms with van der Waals surface area (Å²) >= 11 is 0. The highest BCUT2D eigenvalue weighted by molar-refractivity contribution is 5.14. The summed E-state index contributed by atoms with van der Waals surface area (Å²) < 4.78 is 1.93. The first kappa shape index (κ1) is 10.2. The summed E-state index contributed by atoms with van der Waals surface area (Å²) in [5.74, 6) is 0. The van der Waals surface area contributed by atoms with Crippen molar-refractivity contribution in [2.45, 2.75) is 45.6 Å². The predicted octanol–water partition coefficient (Wildman–Crippen LogP) is 2.53. The van der Waals surface area contributed by atoms with Gasteiger partial charge >= 0.3 is 0 Å². The van der Waals surface area contributed by atoms with Crippen LogP contribution in [-0.2, 0) is 13.0 Å². The number of aryl methyl sites for hydroxylation is 1. The summed E-state index contributed by atoms with van der Waals surface area (Å²) in [5, 5.41) is 13.5. The smallest absolute Gasteiger partial charge is 0.0693 e. The second kappa shape index (κ2) is 4.06. The minimum absolute atomic E-state index is 0.0956. The SMILES string of the molecule is CCn1cc(CC2(C#N)CCCC2)cn1. The Morgan fingerprint density at radius 2 is 2.27 bits per heavy atom. The van der Waals surface area contributed by atoms with Crippen LogP contribution in [0.1, 0.15) is 38.2 Å². The minimum atomic E-state index is -0.0956. The van der Waals surface area contributed by atoms with Gasteiger partial charge in [-0.25, -0.2) is 0 Å². The van der Waals surface area contributed by atoms with Gasteiger partial charge in [-0.2, -0.15) is 10.4 Å². The molecular weight excluding hydrogens is 186 g/mol. The van der Waals surface area contributed by atoms with Crippen molar-refractivity contribution in [1.29, 1.82) is 5.26 Å². The lowest BCUT2D eigenvalue weighted by atomic mass is 9.82. The van der Waals surface area contributed by atoms with E-state index in [1.54, 1.807) is 0 Å². The summed E-state index contributed by atoms with van der Waals surface area (Å²) in [6, 6.07) is 2.52. The molecule has 1 aliphatic rings. The van der Waals surface area contributed by atoms with E-state index in [1.165, 1.54) is 18.4 Å². The lowest BCUT2D eigenvalue weighted by Crippen LogP contribution is -2.16. The van der Waals surface area contributed by atoms with Gasteiger partial charge in [-0.05, 0) is 31.7 Å². The lowest BCUT2D eigenvalue weighted by Gasteiger charge is -2.18. The molecule has 0 aliphatic heterocycles. The fourth-order valence-electron chi connectivity index (χ4n) is 2.44. The molecule has 15 heavy (non-hydrogen) atoms. The summed E-state index contributed by atoms with van der Waals surface area (Å²) in [5.41, 5.74) is 1.11. The molecule has 0 radical (unpaired) electrons. The highest BCUT2D eigenvalue weighted by Crippen LogP contribution is 2.40. The van der Waals surface area contributed by atoms with Gasteiger partial charge in [-0.1, -0.05) is 12.8 Å². The van der Waals surface area contributed by atoms with E-state index < -0.39 is 0 Å². The number of rotatable bonds is 3. The molecule has 1 fully saturated rings. The first-order valence-electron chi connectivity index (χ1n) is 5.70. The molecule has 1 heterocycles. The van der Waals surface area contributed by atoms with Crippen LogP contribution in [0.25, 0.3) is 0 Å². The number of nitrogens with zero attached hydrogens (tertiary/aromatic N) is 3. The topological polar surface area (TPSA) is 41.6 Å². The molecular formula is C12H17N3. The number of aromatic nitrogens is 2. The van der Waals surface area contributed by atoms with Crippen LogP contribution >= 0.6 is 0 Å². The van der Waals surface area contributed by atoms with Crippen LogP contribution in [0.15, 0.2) is 12.4 Å². The Labute approximate surface area is 90.7 Å². The molecule has 1 aliphatic carbocycles. The Morgan fingerprint density at radius 1 is 1.53 bits per heavy atom. The van der Waals surface area contributed by atoms with E-state index in [-0.39, 0.29) is 5.41 Å². The largest absolute Gasteiger partial charge is 0.273 e. The summed E-state index contributed by atoms with van der Waals surface area (Å²) in [7, 11) is 0. The summed E-state index contributed by atoms with van der Waals surface area (Å²) in [6.07, 6.45) is 9.37. The zero-order valence-electron chi connectivity index (χ0n) is 9.24. The first-order valence-corrected chi connectivity index (χ1v) is 5.70. The number of hydrogen-bond acceptors (Lipinski definition) is 2. The van der Waals surface area contributed by atoms with Crippen LogP contribution < -0.4 is 0 Å². The molecule has 3 nitrogen and oxygen atoms in total. The molecule has 0 aromatic carbocycles. The van der Waals surface area contributed by atoms with Gasteiger partial charge in [-0.15, -0.1) is 0 Å². The lowest BCUT2D eigenvalue weighted by molar-refractivity contribution is 0.408. The molecule has 2 rings (SSSR count). The van der Waals surface area contributed by atoms with E-state index >= 15 is 0 Å². The van der Waals surface area contributed by atoms with Crippen molar-refractivity contribution in [1.82, 2.24) is 9.78 Å². The third kappa shape index (κ3) is 2.04.